The number of hydrogen-bond donors (Lipinski definition) is 1. The van der Waals surface area contributed by atoms with Crippen LogP contribution in [0.15, 0.2) is 91.0 Å². The Labute approximate surface area is 148 Å². The highest BCUT2D eigenvalue weighted by molar-refractivity contribution is 6.00. The Balaban J connectivity index is 2.04. The van der Waals surface area contributed by atoms with Crippen LogP contribution in [0.1, 0.15) is 17.0 Å². The first-order valence-electron chi connectivity index (χ1n) is 8.38. The lowest BCUT2D eigenvalue weighted by molar-refractivity contribution is -0.119. The Morgan fingerprint density at radius 1 is 0.760 bits per heavy atom. The maximum atomic E-state index is 13.4. The molecule has 0 atom stereocenters. The van der Waals surface area contributed by atoms with Gasteiger partial charge in [0, 0.05) is 12.2 Å². The van der Waals surface area contributed by atoms with E-state index in [9.17, 15) is 9.90 Å². The molecule has 25 heavy (non-hydrogen) atoms. The average Bonchev–Trinajstić information content (AvgIpc) is 2.68. The molecule has 1 amide bonds. The molecule has 0 aliphatic rings. The van der Waals surface area contributed by atoms with E-state index < -0.39 is 5.92 Å². The number of hydrogen-bond acceptors (Lipinski definition) is 2. The van der Waals surface area contributed by atoms with Crippen LogP contribution in [0.4, 0.5) is 5.69 Å². The quantitative estimate of drug-likeness (QED) is 0.745. The molecular formula is C22H21NO2. The van der Waals surface area contributed by atoms with Crippen LogP contribution in [-0.4, -0.2) is 24.2 Å². The SMILES string of the molecule is O=C(C(c1ccccc1)c1ccccc1)N(CCO)c1ccccc1. The highest BCUT2D eigenvalue weighted by Gasteiger charge is 2.28. The van der Waals surface area contributed by atoms with Crippen molar-refractivity contribution in [2.45, 2.75) is 5.92 Å². The number of anilines is 1. The topological polar surface area (TPSA) is 40.5 Å². The molecule has 3 rings (SSSR count). The van der Waals surface area contributed by atoms with E-state index in [4.69, 9.17) is 0 Å². The van der Waals surface area contributed by atoms with Gasteiger partial charge in [-0.3, -0.25) is 4.79 Å². The van der Waals surface area contributed by atoms with E-state index in [1.54, 1.807) is 4.90 Å². The summed E-state index contributed by atoms with van der Waals surface area (Å²) in [6, 6.07) is 29.0. The third-order valence-corrected chi connectivity index (χ3v) is 4.17. The van der Waals surface area contributed by atoms with Gasteiger partial charge in [0.1, 0.15) is 0 Å². The summed E-state index contributed by atoms with van der Waals surface area (Å²) < 4.78 is 0. The summed E-state index contributed by atoms with van der Waals surface area (Å²) in [5.74, 6) is -0.452. The Bertz CT molecular complexity index is 749. The molecule has 0 aromatic heterocycles. The van der Waals surface area contributed by atoms with Crippen molar-refractivity contribution in [2.75, 3.05) is 18.1 Å². The summed E-state index contributed by atoms with van der Waals surface area (Å²) in [6.45, 7) is 0.177. The van der Waals surface area contributed by atoms with Gasteiger partial charge in [-0.1, -0.05) is 78.9 Å². The number of amides is 1. The van der Waals surface area contributed by atoms with Crippen LogP contribution in [0.3, 0.4) is 0 Å². The van der Waals surface area contributed by atoms with Crippen molar-refractivity contribution in [3.63, 3.8) is 0 Å². The molecule has 126 valence electrons. The molecular weight excluding hydrogens is 310 g/mol. The monoisotopic (exact) mass is 331 g/mol. The van der Waals surface area contributed by atoms with Gasteiger partial charge in [-0.15, -0.1) is 0 Å². The molecule has 3 heteroatoms. The highest BCUT2D eigenvalue weighted by Crippen LogP contribution is 2.29. The van der Waals surface area contributed by atoms with E-state index in [1.165, 1.54) is 0 Å². The smallest absolute Gasteiger partial charge is 0.239 e. The summed E-state index contributed by atoms with van der Waals surface area (Å²) >= 11 is 0. The molecule has 1 N–H and O–H groups in total. The first-order chi connectivity index (χ1) is 12.3. The van der Waals surface area contributed by atoms with Crippen LogP contribution >= 0.6 is 0 Å². The maximum Gasteiger partial charge on any atom is 0.239 e. The predicted octanol–water partition coefficient (Wildman–Crippen LogP) is 3.84. The van der Waals surface area contributed by atoms with Gasteiger partial charge in [-0.05, 0) is 23.3 Å². The third kappa shape index (κ3) is 3.95. The summed E-state index contributed by atoms with van der Waals surface area (Å²) in [6.07, 6.45) is 0. The van der Waals surface area contributed by atoms with E-state index in [-0.39, 0.29) is 19.1 Å². The number of benzene rings is 3. The van der Waals surface area contributed by atoms with Crippen LogP contribution in [0.25, 0.3) is 0 Å². The Morgan fingerprint density at radius 2 is 1.20 bits per heavy atom. The van der Waals surface area contributed by atoms with E-state index >= 15 is 0 Å². The second kappa shape index (κ2) is 8.27. The Hall–Kier alpha value is -2.91. The lowest BCUT2D eigenvalue weighted by Gasteiger charge is -2.27. The minimum atomic E-state index is -0.408. The standard InChI is InChI=1S/C22H21NO2/c24-17-16-23(20-14-8-3-9-15-20)22(25)21(18-10-4-1-5-11-18)19-12-6-2-7-13-19/h1-15,21,24H,16-17H2. The van der Waals surface area contributed by atoms with Crippen molar-refractivity contribution < 1.29 is 9.90 Å². The third-order valence-electron chi connectivity index (χ3n) is 4.17. The van der Waals surface area contributed by atoms with Crippen molar-refractivity contribution in [3.05, 3.63) is 102 Å². The molecule has 0 unspecified atom stereocenters. The summed E-state index contributed by atoms with van der Waals surface area (Å²) in [5.41, 5.74) is 2.67. The molecule has 3 nitrogen and oxygen atoms in total. The lowest BCUT2D eigenvalue weighted by Crippen LogP contribution is -2.37. The van der Waals surface area contributed by atoms with Crippen molar-refractivity contribution in [2.24, 2.45) is 0 Å². The molecule has 0 aliphatic heterocycles. The van der Waals surface area contributed by atoms with Gasteiger partial charge >= 0.3 is 0 Å². The molecule has 0 radical (unpaired) electrons. The molecule has 0 fully saturated rings. The van der Waals surface area contributed by atoms with Crippen molar-refractivity contribution in [1.82, 2.24) is 0 Å². The minimum Gasteiger partial charge on any atom is -0.395 e. The van der Waals surface area contributed by atoms with Crippen molar-refractivity contribution in [3.8, 4) is 0 Å². The number of para-hydroxylation sites is 1. The molecule has 0 bridgehead atoms. The largest absolute Gasteiger partial charge is 0.395 e. The van der Waals surface area contributed by atoms with Crippen molar-refractivity contribution in [1.29, 1.82) is 0 Å². The minimum absolute atomic E-state index is 0.0438. The summed E-state index contributed by atoms with van der Waals surface area (Å²) in [4.78, 5) is 15.1. The van der Waals surface area contributed by atoms with Gasteiger partial charge in [0.05, 0.1) is 12.5 Å². The normalized spacial score (nSPS) is 10.6. The van der Waals surface area contributed by atoms with Crippen LogP contribution < -0.4 is 4.90 Å². The Morgan fingerprint density at radius 3 is 1.64 bits per heavy atom. The fourth-order valence-electron chi connectivity index (χ4n) is 3.00. The zero-order valence-electron chi connectivity index (χ0n) is 14.0. The number of aliphatic hydroxyl groups is 1. The Kier molecular flexibility index (Phi) is 5.60. The second-order valence-corrected chi connectivity index (χ2v) is 5.80. The number of nitrogens with zero attached hydrogens (tertiary/aromatic N) is 1. The number of carbonyl (C=O) groups excluding carboxylic acids is 1. The van der Waals surface area contributed by atoms with Crippen LogP contribution in [-0.2, 0) is 4.79 Å². The van der Waals surface area contributed by atoms with Gasteiger partial charge < -0.3 is 10.0 Å². The van der Waals surface area contributed by atoms with Gasteiger partial charge in [-0.25, -0.2) is 0 Å². The molecule has 3 aromatic carbocycles. The molecule has 3 aromatic rings. The van der Waals surface area contributed by atoms with Crippen LogP contribution in [0, 0.1) is 0 Å². The maximum absolute atomic E-state index is 13.4. The van der Waals surface area contributed by atoms with Crippen LogP contribution in [0.2, 0.25) is 0 Å². The van der Waals surface area contributed by atoms with Crippen LogP contribution in [0.5, 0.6) is 0 Å². The zero-order chi connectivity index (χ0) is 17.5. The second-order valence-electron chi connectivity index (χ2n) is 5.80. The van der Waals surface area contributed by atoms with E-state index in [1.807, 2.05) is 91.0 Å². The highest BCUT2D eigenvalue weighted by atomic mass is 16.3. The number of rotatable bonds is 6. The van der Waals surface area contributed by atoms with Gasteiger partial charge in [0.15, 0.2) is 0 Å². The summed E-state index contributed by atoms with van der Waals surface area (Å²) in [7, 11) is 0. The van der Waals surface area contributed by atoms with E-state index in [2.05, 4.69) is 0 Å². The molecule has 0 saturated heterocycles. The lowest BCUT2D eigenvalue weighted by atomic mass is 9.90. The molecule has 0 saturated carbocycles. The predicted molar refractivity (Wildman–Crippen MR) is 101 cm³/mol. The zero-order valence-corrected chi connectivity index (χ0v) is 14.0. The van der Waals surface area contributed by atoms with Crippen molar-refractivity contribution >= 4 is 11.6 Å². The van der Waals surface area contributed by atoms with Gasteiger partial charge in [-0.2, -0.15) is 0 Å². The van der Waals surface area contributed by atoms with E-state index in [0.717, 1.165) is 16.8 Å². The first-order valence-corrected chi connectivity index (χ1v) is 8.38. The van der Waals surface area contributed by atoms with Gasteiger partial charge in [0.25, 0.3) is 0 Å². The van der Waals surface area contributed by atoms with E-state index in [0.29, 0.717) is 0 Å². The molecule has 0 aliphatic carbocycles. The molecule has 0 spiro atoms. The summed E-state index contributed by atoms with van der Waals surface area (Å²) in [5, 5.41) is 9.48. The fraction of sp³-hybridized carbons (Fsp3) is 0.136. The number of carbonyl (C=O) groups is 1. The van der Waals surface area contributed by atoms with Gasteiger partial charge in [0.2, 0.25) is 5.91 Å². The number of aliphatic hydroxyl groups excluding tert-OH is 1. The fourth-order valence-corrected chi connectivity index (χ4v) is 3.00. The average molecular weight is 331 g/mol. The first kappa shape index (κ1) is 16.9. The molecule has 0 heterocycles.